The van der Waals surface area contributed by atoms with E-state index in [-0.39, 0.29) is 5.95 Å². The lowest BCUT2D eigenvalue weighted by atomic mass is 10.1. The van der Waals surface area contributed by atoms with Crippen molar-refractivity contribution < 1.29 is 0 Å². The first kappa shape index (κ1) is 13.4. The van der Waals surface area contributed by atoms with E-state index in [0.29, 0.717) is 22.9 Å². The number of fused-ring (bicyclic) bond motifs is 1. The lowest BCUT2D eigenvalue weighted by Crippen LogP contribution is -2.19. The van der Waals surface area contributed by atoms with Crippen LogP contribution >= 0.6 is 11.3 Å². The molecule has 1 aliphatic heterocycles. The Morgan fingerprint density at radius 2 is 2.23 bits per heavy atom. The molecule has 3 aromatic heterocycles. The van der Waals surface area contributed by atoms with Gasteiger partial charge in [0.15, 0.2) is 11.5 Å². The number of H-pyrrole nitrogens is 1. The Hall–Kier alpha value is -2.26. The van der Waals surface area contributed by atoms with Gasteiger partial charge in [-0.25, -0.2) is 9.97 Å². The molecule has 0 aromatic carbocycles. The van der Waals surface area contributed by atoms with Crippen molar-refractivity contribution in [3.05, 3.63) is 22.4 Å². The molecule has 0 bridgehead atoms. The van der Waals surface area contributed by atoms with E-state index in [4.69, 9.17) is 11.5 Å². The molecule has 0 radical (unpaired) electrons. The van der Waals surface area contributed by atoms with E-state index >= 15 is 0 Å². The number of nitrogens with zero attached hydrogens (tertiary/aromatic N) is 5. The molecule has 22 heavy (non-hydrogen) atoms. The molecule has 1 unspecified atom stereocenters. The Balaban J connectivity index is 1.54. The number of nitrogen functional groups attached to an aromatic ring is 2. The Morgan fingerprint density at radius 1 is 1.32 bits per heavy atom. The van der Waals surface area contributed by atoms with Gasteiger partial charge in [-0.2, -0.15) is 9.97 Å². The van der Waals surface area contributed by atoms with Crippen molar-refractivity contribution >= 4 is 34.3 Å². The minimum absolute atomic E-state index is 0.153. The quantitative estimate of drug-likeness (QED) is 0.657. The Morgan fingerprint density at radius 3 is 3.05 bits per heavy atom. The van der Waals surface area contributed by atoms with E-state index in [9.17, 15) is 0 Å². The second kappa shape index (κ2) is 5.18. The van der Waals surface area contributed by atoms with Gasteiger partial charge in [-0.05, 0) is 13.0 Å². The van der Waals surface area contributed by atoms with Gasteiger partial charge in [0.2, 0.25) is 5.95 Å². The Kier molecular flexibility index (Phi) is 3.16. The summed E-state index contributed by atoms with van der Waals surface area (Å²) in [6, 6.07) is 0. The maximum atomic E-state index is 5.87. The fourth-order valence-corrected chi connectivity index (χ4v) is 3.53. The number of anilines is 2. The van der Waals surface area contributed by atoms with Crippen LogP contribution in [0.2, 0.25) is 0 Å². The maximum Gasteiger partial charge on any atom is 0.224 e. The zero-order valence-electron chi connectivity index (χ0n) is 11.9. The van der Waals surface area contributed by atoms with Crippen LogP contribution in [0, 0.1) is 0 Å². The lowest BCUT2D eigenvalue weighted by Gasteiger charge is -2.13. The van der Waals surface area contributed by atoms with Gasteiger partial charge in [-0.1, -0.05) is 0 Å². The average molecular weight is 316 g/mol. The fourth-order valence-electron chi connectivity index (χ4n) is 2.87. The van der Waals surface area contributed by atoms with Gasteiger partial charge in [-0.3, -0.25) is 4.90 Å². The van der Waals surface area contributed by atoms with Crippen molar-refractivity contribution in [3.63, 3.8) is 0 Å². The van der Waals surface area contributed by atoms with Crippen LogP contribution in [0.3, 0.4) is 0 Å². The summed E-state index contributed by atoms with van der Waals surface area (Å²) in [4.78, 5) is 22.6. The molecule has 1 saturated heterocycles. The summed E-state index contributed by atoms with van der Waals surface area (Å²) in [7, 11) is 0. The van der Waals surface area contributed by atoms with Crippen LogP contribution in [-0.4, -0.2) is 42.9 Å². The van der Waals surface area contributed by atoms with Crippen molar-refractivity contribution in [1.29, 1.82) is 0 Å². The number of hydrogen-bond donors (Lipinski definition) is 3. The third-order valence-electron chi connectivity index (χ3n) is 3.92. The molecule has 0 spiro atoms. The van der Waals surface area contributed by atoms with Crippen LogP contribution in [-0.2, 0) is 6.54 Å². The largest absolute Gasteiger partial charge is 0.382 e. The topological polar surface area (TPSA) is 123 Å². The Labute approximate surface area is 130 Å². The fraction of sp³-hybridized carbons (Fsp3) is 0.385. The molecule has 0 aliphatic carbocycles. The molecule has 5 N–H and O–H groups in total. The van der Waals surface area contributed by atoms with E-state index in [1.54, 1.807) is 11.3 Å². The van der Waals surface area contributed by atoms with Crippen LogP contribution < -0.4 is 11.5 Å². The van der Waals surface area contributed by atoms with Crippen molar-refractivity contribution in [2.75, 3.05) is 24.6 Å². The van der Waals surface area contributed by atoms with E-state index in [0.717, 1.165) is 36.9 Å². The predicted molar refractivity (Wildman–Crippen MR) is 85.3 cm³/mol. The molecule has 1 aliphatic rings. The second-order valence-corrected chi connectivity index (χ2v) is 6.41. The summed E-state index contributed by atoms with van der Waals surface area (Å²) in [6.07, 6.45) is 2.90. The van der Waals surface area contributed by atoms with Gasteiger partial charge in [0.25, 0.3) is 0 Å². The number of imidazole rings is 1. The van der Waals surface area contributed by atoms with Gasteiger partial charge >= 0.3 is 0 Å². The number of hydrogen-bond acceptors (Lipinski definition) is 8. The molecular weight excluding hydrogens is 300 g/mol. The molecule has 9 heteroatoms. The van der Waals surface area contributed by atoms with E-state index in [1.165, 1.54) is 0 Å². The molecule has 1 fully saturated rings. The molecule has 8 nitrogen and oxygen atoms in total. The van der Waals surface area contributed by atoms with Crippen LogP contribution in [0.1, 0.15) is 23.2 Å². The van der Waals surface area contributed by atoms with Gasteiger partial charge in [0.05, 0.1) is 6.54 Å². The SMILES string of the molecule is Nc1nc(N)c2[nH]c(C3CCN(Cc4nccs4)C3)nc2n1. The summed E-state index contributed by atoms with van der Waals surface area (Å²) in [5.41, 5.74) is 12.7. The number of thiazole rings is 1. The standard InChI is InChI=1S/C13H16N8S/c14-10-9-12(20-13(15)18-10)19-11(17-9)7-1-3-21(5-7)6-8-16-2-4-22-8/h2,4,7H,1,3,5-6H2,(H5,14,15,17,18,19,20). The van der Waals surface area contributed by atoms with Crippen molar-refractivity contribution in [2.24, 2.45) is 0 Å². The number of aromatic amines is 1. The first-order valence-electron chi connectivity index (χ1n) is 7.08. The van der Waals surface area contributed by atoms with Gasteiger partial charge < -0.3 is 16.5 Å². The molecule has 3 aromatic rings. The maximum absolute atomic E-state index is 5.87. The first-order valence-corrected chi connectivity index (χ1v) is 7.96. The van der Waals surface area contributed by atoms with Gasteiger partial charge in [-0.15, -0.1) is 11.3 Å². The predicted octanol–water partition coefficient (Wildman–Crippen LogP) is 0.963. The molecule has 4 rings (SSSR count). The smallest absolute Gasteiger partial charge is 0.224 e. The van der Waals surface area contributed by atoms with Crippen molar-refractivity contribution in [3.8, 4) is 0 Å². The first-order chi connectivity index (χ1) is 10.7. The molecule has 1 atom stereocenters. The van der Waals surface area contributed by atoms with Gasteiger partial charge in [0, 0.05) is 24.0 Å². The number of rotatable bonds is 3. The van der Waals surface area contributed by atoms with Crippen LogP contribution in [0.25, 0.3) is 11.2 Å². The summed E-state index contributed by atoms with van der Waals surface area (Å²) >= 11 is 1.69. The molecule has 4 heterocycles. The van der Waals surface area contributed by atoms with Crippen LogP contribution in [0.4, 0.5) is 11.8 Å². The normalized spacial score (nSPS) is 19.2. The molecular formula is C13H16N8S. The average Bonchev–Trinajstić information content (AvgIpc) is 3.18. The van der Waals surface area contributed by atoms with Crippen molar-refractivity contribution in [2.45, 2.75) is 18.9 Å². The van der Waals surface area contributed by atoms with E-state index in [1.807, 2.05) is 11.6 Å². The minimum Gasteiger partial charge on any atom is -0.382 e. The molecule has 0 saturated carbocycles. The summed E-state index contributed by atoms with van der Waals surface area (Å²) in [6.45, 7) is 2.87. The highest BCUT2D eigenvalue weighted by atomic mass is 32.1. The zero-order chi connectivity index (χ0) is 15.1. The number of nitrogens with two attached hydrogens (primary N) is 2. The lowest BCUT2D eigenvalue weighted by molar-refractivity contribution is 0.325. The number of aromatic nitrogens is 5. The van der Waals surface area contributed by atoms with E-state index in [2.05, 4.69) is 29.8 Å². The summed E-state index contributed by atoms with van der Waals surface area (Å²) in [5, 5.41) is 3.15. The molecule has 114 valence electrons. The van der Waals surface area contributed by atoms with E-state index < -0.39 is 0 Å². The van der Waals surface area contributed by atoms with Crippen molar-refractivity contribution in [1.82, 2.24) is 29.8 Å². The molecule has 0 amide bonds. The monoisotopic (exact) mass is 316 g/mol. The highest BCUT2D eigenvalue weighted by Gasteiger charge is 2.27. The zero-order valence-corrected chi connectivity index (χ0v) is 12.7. The van der Waals surface area contributed by atoms with Crippen LogP contribution in [0.15, 0.2) is 11.6 Å². The third-order valence-corrected chi connectivity index (χ3v) is 4.68. The highest BCUT2D eigenvalue weighted by Crippen LogP contribution is 2.28. The summed E-state index contributed by atoms with van der Waals surface area (Å²) < 4.78 is 0. The summed E-state index contributed by atoms with van der Waals surface area (Å²) in [5.74, 6) is 1.75. The third kappa shape index (κ3) is 2.38. The second-order valence-electron chi connectivity index (χ2n) is 5.43. The minimum atomic E-state index is 0.153. The Bertz CT molecular complexity index is 796. The number of likely N-dealkylation sites (tertiary alicyclic amines) is 1. The van der Waals surface area contributed by atoms with Crippen LogP contribution in [0.5, 0.6) is 0 Å². The highest BCUT2D eigenvalue weighted by molar-refractivity contribution is 7.09. The number of nitrogens with one attached hydrogen (secondary N) is 1. The van der Waals surface area contributed by atoms with Gasteiger partial charge in [0.1, 0.15) is 16.3 Å².